The monoisotopic (exact) mass is 316 g/mol. The molecule has 1 atom stereocenters. The lowest BCUT2D eigenvalue weighted by atomic mass is 9.73. The van der Waals surface area contributed by atoms with Gasteiger partial charge in [0.2, 0.25) is 0 Å². The maximum atomic E-state index is 11.0. The fourth-order valence-corrected chi connectivity index (χ4v) is 3.34. The summed E-state index contributed by atoms with van der Waals surface area (Å²) in [6.45, 7) is 4.32. The Kier molecular flexibility index (Phi) is 3.57. The van der Waals surface area contributed by atoms with Gasteiger partial charge in [-0.05, 0) is 41.2 Å². The zero-order valence-electron chi connectivity index (χ0n) is 12.5. The molecule has 2 aromatic carbocycles. The third-order valence-electron chi connectivity index (χ3n) is 4.21. The lowest BCUT2D eigenvalue weighted by molar-refractivity contribution is -0.384. The fourth-order valence-electron chi connectivity index (χ4n) is 3.15. The number of halogens is 1. The van der Waals surface area contributed by atoms with Crippen LogP contribution in [0, 0.1) is 15.5 Å². The van der Waals surface area contributed by atoms with Crippen LogP contribution in [0.2, 0.25) is 5.02 Å². The maximum absolute atomic E-state index is 11.0. The Morgan fingerprint density at radius 2 is 2.05 bits per heavy atom. The van der Waals surface area contributed by atoms with Crippen LogP contribution in [0.4, 0.5) is 11.4 Å². The smallest absolute Gasteiger partial charge is 0.269 e. The van der Waals surface area contributed by atoms with E-state index in [0.29, 0.717) is 0 Å². The minimum absolute atomic E-state index is 0.0149. The highest BCUT2D eigenvalue weighted by molar-refractivity contribution is 6.30. The van der Waals surface area contributed by atoms with Crippen molar-refractivity contribution in [3.05, 3.63) is 68.7 Å². The highest BCUT2D eigenvalue weighted by atomic mass is 35.5. The van der Waals surface area contributed by atoms with Crippen molar-refractivity contribution in [2.24, 2.45) is 5.41 Å². The van der Waals surface area contributed by atoms with E-state index in [-0.39, 0.29) is 22.1 Å². The quantitative estimate of drug-likeness (QED) is 0.627. The summed E-state index contributed by atoms with van der Waals surface area (Å²) >= 11 is 6.08. The van der Waals surface area contributed by atoms with Crippen LogP contribution in [0.3, 0.4) is 0 Å². The Hall–Kier alpha value is -2.07. The van der Waals surface area contributed by atoms with Gasteiger partial charge in [-0.15, -0.1) is 0 Å². The largest absolute Gasteiger partial charge is 0.377 e. The van der Waals surface area contributed by atoms with Gasteiger partial charge < -0.3 is 5.32 Å². The van der Waals surface area contributed by atoms with Crippen molar-refractivity contribution in [1.29, 1.82) is 0 Å². The van der Waals surface area contributed by atoms with Gasteiger partial charge in [-0.1, -0.05) is 37.6 Å². The van der Waals surface area contributed by atoms with Crippen LogP contribution in [0.15, 0.2) is 42.5 Å². The lowest BCUT2D eigenvalue weighted by Gasteiger charge is -2.41. The number of benzene rings is 2. The average Bonchev–Trinajstić information content (AvgIpc) is 2.45. The summed E-state index contributed by atoms with van der Waals surface area (Å²) in [4.78, 5) is 10.6. The normalized spacial score (nSPS) is 19.1. The number of rotatable bonds is 2. The molecule has 1 aliphatic heterocycles. The molecule has 1 heterocycles. The summed E-state index contributed by atoms with van der Waals surface area (Å²) in [5.74, 6) is 0. The van der Waals surface area contributed by atoms with Gasteiger partial charge in [0, 0.05) is 22.8 Å². The number of nitrogens with one attached hydrogen (secondary N) is 1. The summed E-state index contributed by atoms with van der Waals surface area (Å²) in [7, 11) is 0. The van der Waals surface area contributed by atoms with Gasteiger partial charge in [-0.25, -0.2) is 0 Å². The van der Waals surface area contributed by atoms with E-state index >= 15 is 0 Å². The van der Waals surface area contributed by atoms with E-state index in [9.17, 15) is 10.1 Å². The minimum atomic E-state index is -0.354. The van der Waals surface area contributed by atoms with Crippen molar-refractivity contribution in [2.75, 3.05) is 5.32 Å². The average molecular weight is 317 g/mol. The molecule has 0 amide bonds. The van der Waals surface area contributed by atoms with E-state index < -0.39 is 0 Å². The second-order valence-corrected chi connectivity index (χ2v) is 6.83. The molecule has 0 saturated carbocycles. The molecule has 114 valence electrons. The Morgan fingerprint density at radius 1 is 1.27 bits per heavy atom. The Morgan fingerprint density at radius 3 is 2.77 bits per heavy atom. The molecular formula is C17H17ClN2O2. The van der Waals surface area contributed by atoms with Gasteiger partial charge in [0.05, 0.1) is 11.0 Å². The molecule has 1 aliphatic rings. The lowest BCUT2D eigenvalue weighted by Crippen LogP contribution is -2.34. The van der Waals surface area contributed by atoms with Crippen LogP contribution in [0.25, 0.3) is 0 Å². The molecule has 0 bridgehead atoms. The molecule has 0 fully saturated rings. The zero-order chi connectivity index (χ0) is 15.9. The third kappa shape index (κ3) is 2.66. The van der Waals surface area contributed by atoms with Gasteiger partial charge in [0.25, 0.3) is 5.69 Å². The molecule has 0 spiro atoms. The fraction of sp³-hybridized carbons (Fsp3) is 0.294. The van der Waals surface area contributed by atoms with Crippen LogP contribution in [-0.4, -0.2) is 4.92 Å². The predicted octanol–water partition coefficient (Wildman–Crippen LogP) is 4.98. The predicted molar refractivity (Wildman–Crippen MR) is 88.4 cm³/mol. The van der Waals surface area contributed by atoms with Gasteiger partial charge in [0.1, 0.15) is 0 Å². The molecule has 0 aliphatic carbocycles. The summed E-state index contributed by atoms with van der Waals surface area (Å²) in [5, 5.41) is 15.2. The maximum Gasteiger partial charge on any atom is 0.269 e. The zero-order valence-corrected chi connectivity index (χ0v) is 13.2. The van der Waals surface area contributed by atoms with E-state index in [1.807, 2.05) is 24.3 Å². The van der Waals surface area contributed by atoms with Gasteiger partial charge >= 0.3 is 0 Å². The SMILES string of the molecule is CC1(C)Cc2cc(Cl)ccc2N[C@@H]1c1cccc([N+](=O)[O-])c1. The number of nitro groups is 1. The molecule has 0 saturated heterocycles. The number of hydrogen-bond acceptors (Lipinski definition) is 3. The standard InChI is InChI=1S/C17H17ClN2O2/c1-17(2)10-12-8-13(18)6-7-15(12)19-16(17)11-4-3-5-14(9-11)20(21)22/h3-9,16,19H,10H2,1-2H3/t16-/m1/s1. The van der Waals surface area contributed by atoms with Crippen LogP contribution in [0.5, 0.6) is 0 Å². The van der Waals surface area contributed by atoms with Crippen molar-refractivity contribution in [3.63, 3.8) is 0 Å². The van der Waals surface area contributed by atoms with E-state index in [1.54, 1.807) is 12.1 Å². The van der Waals surface area contributed by atoms with Crippen LogP contribution < -0.4 is 5.32 Å². The van der Waals surface area contributed by atoms with E-state index in [4.69, 9.17) is 11.6 Å². The Balaban J connectivity index is 2.02. The van der Waals surface area contributed by atoms with E-state index in [2.05, 4.69) is 19.2 Å². The molecule has 22 heavy (non-hydrogen) atoms. The molecule has 3 rings (SSSR count). The molecule has 4 nitrogen and oxygen atoms in total. The third-order valence-corrected chi connectivity index (χ3v) is 4.44. The van der Waals surface area contributed by atoms with Crippen molar-refractivity contribution >= 4 is 23.0 Å². The number of fused-ring (bicyclic) bond motifs is 1. The van der Waals surface area contributed by atoms with Crippen LogP contribution in [-0.2, 0) is 6.42 Å². The second kappa shape index (κ2) is 5.29. The van der Waals surface area contributed by atoms with Crippen molar-refractivity contribution in [3.8, 4) is 0 Å². The topological polar surface area (TPSA) is 55.2 Å². The summed E-state index contributed by atoms with van der Waals surface area (Å²) in [5.41, 5.74) is 3.20. The molecule has 0 aromatic heterocycles. The highest BCUT2D eigenvalue weighted by Gasteiger charge is 2.36. The second-order valence-electron chi connectivity index (χ2n) is 6.40. The molecule has 5 heteroatoms. The molecule has 0 radical (unpaired) electrons. The molecule has 1 N–H and O–H groups in total. The van der Waals surface area contributed by atoms with E-state index in [1.165, 1.54) is 11.6 Å². The first-order valence-electron chi connectivity index (χ1n) is 7.16. The summed E-state index contributed by atoms with van der Waals surface area (Å²) in [6.07, 6.45) is 0.864. The Bertz CT molecular complexity index is 743. The van der Waals surface area contributed by atoms with E-state index in [0.717, 1.165) is 22.7 Å². The Labute approximate surface area is 134 Å². The van der Waals surface area contributed by atoms with Gasteiger partial charge in [0.15, 0.2) is 0 Å². The molecule has 2 aromatic rings. The van der Waals surface area contributed by atoms with Gasteiger partial charge in [-0.2, -0.15) is 0 Å². The molecule has 0 unspecified atom stereocenters. The summed E-state index contributed by atoms with van der Waals surface area (Å²) < 4.78 is 0. The minimum Gasteiger partial charge on any atom is -0.377 e. The van der Waals surface area contributed by atoms with Crippen LogP contribution >= 0.6 is 11.6 Å². The van der Waals surface area contributed by atoms with Crippen molar-refractivity contribution in [2.45, 2.75) is 26.3 Å². The number of nitro benzene ring substituents is 1. The first-order chi connectivity index (χ1) is 10.4. The van der Waals surface area contributed by atoms with Crippen molar-refractivity contribution < 1.29 is 4.92 Å². The number of non-ortho nitro benzene ring substituents is 1. The van der Waals surface area contributed by atoms with Crippen molar-refractivity contribution in [1.82, 2.24) is 0 Å². The number of hydrogen-bond donors (Lipinski definition) is 1. The first kappa shape index (κ1) is 14.9. The summed E-state index contributed by atoms with van der Waals surface area (Å²) in [6, 6.07) is 12.7. The molecular weight excluding hydrogens is 300 g/mol. The number of anilines is 1. The first-order valence-corrected chi connectivity index (χ1v) is 7.54. The number of nitrogens with zero attached hydrogens (tertiary/aromatic N) is 1. The van der Waals surface area contributed by atoms with Crippen LogP contribution in [0.1, 0.15) is 31.0 Å². The highest BCUT2D eigenvalue weighted by Crippen LogP contribution is 2.45. The van der Waals surface area contributed by atoms with Gasteiger partial charge in [-0.3, -0.25) is 10.1 Å².